The van der Waals surface area contributed by atoms with E-state index in [0.717, 1.165) is 25.9 Å². The smallest absolute Gasteiger partial charge is 0.236 e. The van der Waals surface area contributed by atoms with Crippen molar-refractivity contribution in [2.75, 3.05) is 19.6 Å². The van der Waals surface area contributed by atoms with Crippen molar-refractivity contribution < 1.29 is 15.0 Å². The average Bonchev–Trinajstić information content (AvgIpc) is 2.88. The number of likely N-dealkylation sites (tertiary alicyclic amines) is 1. The third-order valence-electron chi connectivity index (χ3n) is 3.15. The average molecular weight is 250 g/mol. The normalized spacial score (nSPS) is 15.0. The number of phenols is 2. The van der Waals surface area contributed by atoms with Gasteiger partial charge in [-0.25, -0.2) is 0 Å². The zero-order valence-corrected chi connectivity index (χ0v) is 10.2. The van der Waals surface area contributed by atoms with E-state index in [1.165, 1.54) is 6.07 Å². The Morgan fingerprint density at radius 1 is 1.28 bits per heavy atom. The number of carbonyl (C=O) groups is 1. The van der Waals surface area contributed by atoms with Gasteiger partial charge in [0.25, 0.3) is 0 Å². The van der Waals surface area contributed by atoms with Gasteiger partial charge in [-0.1, -0.05) is 12.1 Å². The number of carbonyl (C=O) groups excluding carboxylic acids is 1. The lowest BCUT2D eigenvalue weighted by atomic mass is 10.2. The summed E-state index contributed by atoms with van der Waals surface area (Å²) in [6.07, 6.45) is 2.16. The van der Waals surface area contributed by atoms with Gasteiger partial charge in [0.15, 0.2) is 11.5 Å². The maximum Gasteiger partial charge on any atom is 0.236 e. The quantitative estimate of drug-likeness (QED) is 0.691. The zero-order chi connectivity index (χ0) is 13.0. The fraction of sp³-hybridized carbons (Fsp3) is 0.462. The molecule has 18 heavy (non-hydrogen) atoms. The van der Waals surface area contributed by atoms with Crippen LogP contribution < -0.4 is 5.32 Å². The van der Waals surface area contributed by atoms with Crippen molar-refractivity contribution in [3.63, 3.8) is 0 Å². The molecule has 0 aromatic heterocycles. The van der Waals surface area contributed by atoms with E-state index in [0.29, 0.717) is 12.1 Å². The fourth-order valence-corrected chi connectivity index (χ4v) is 2.10. The summed E-state index contributed by atoms with van der Waals surface area (Å²) in [7, 11) is 0. The highest BCUT2D eigenvalue weighted by Crippen LogP contribution is 2.27. The molecule has 0 aliphatic carbocycles. The van der Waals surface area contributed by atoms with E-state index < -0.39 is 0 Å². The Bertz CT molecular complexity index is 428. The van der Waals surface area contributed by atoms with Gasteiger partial charge in [-0.15, -0.1) is 0 Å². The highest BCUT2D eigenvalue weighted by Gasteiger charge is 2.17. The summed E-state index contributed by atoms with van der Waals surface area (Å²) >= 11 is 0. The molecule has 0 unspecified atom stereocenters. The predicted molar refractivity (Wildman–Crippen MR) is 67.3 cm³/mol. The monoisotopic (exact) mass is 250 g/mol. The van der Waals surface area contributed by atoms with Crippen molar-refractivity contribution in [3.05, 3.63) is 23.8 Å². The highest BCUT2D eigenvalue weighted by molar-refractivity contribution is 5.78. The van der Waals surface area contributed by atoms with Gasteiger partial charge in [0.2, 0.25) is 5.91 Å². The number of para-hydroxylation sites is 1. The third kappa shape index (κ3) is 2.92. The Morgan fingerprint density at radius 3 is 2.72 bits per heavy atom. The van der Waals surface area contributed by atoms with Crippen molar-refractivity contribution in [2.45, 2.75) is 19.4 Å². The van der Waals surface area contributed by atoms with E-state index in [1.54, 1.807) is 12.1 Å². The third-order valence-corrected chi connectivity index (χ3v) is 3.15. The Balaban J connectivity index is 1.81. The van der Waals surface area contributed by atoms with Crippen LogP contribution in [0.1, 0.15) is 18.4 Å². The van der Waals surface area contributed by atoms with Gasteiger partial charge in [-0.2, -0.15) is 0 Å². The van der Waals surface area contributed by atoms with Crippen LogP contribution in [0.25, 0.3) is 0 Å². The lowest BCUT2D eigenvalue weighted by Gasteiger charge is -2.15. The lowest BCUT2D eigenvalue weighted by Crippen LogP contribution is -2.35. The number of aromatic hydroxyl groups is 2. The Labute approximate surface area is 106 Å². The summed E-state index contributed by atoms with van der Waals surface area (Å²) in [4.78, 5) is 13.6. The van der Waals surface area contributed by atoms with E-state index in [4.69, 9.17) is 0 Å². The minimum absolute atomic E-state index is 0.0899. The molecule has 1 aliphatic rings. The van der Waals surface area contributed by atoms with Crippen molar-refractivity contribution in [2.24, 2.45) is 0 Å². The first kappa shape index (κ1) is 12.7. The SMILES string of the molecule is O=C(CNCc1cccc(O)c1O)N1CCCC1. The minimum atomic E-state index is -0.139. The van der Waals surface area contributed by atoms with Crippen LogP contribution in [0, 0.1) is 0 Å². The second-order valence-corrected chi connectivity index (χ2v) is 4.48. The summed E-state index contributed by atoms with van der Waals surface area (Å²) in [5.74, 6) is -0.175. The molecule has 5 heteroatoms. The number of nitrogens with one attached hydrogen (secondary N) is 1. The maximum atomic E-state index is 11.7. The first-order valence-electron chi connectivity index (χ1n) is 6.17. The molecule has 1 aliphatic heterocycles. The van der Waals surface area contributed by atoms with E-state index in [9.17, 15) is 15.0 Å². The molecule has 1 amide bonds. The molecule has 1 heterocycles. The van der Waals surface area contributed by atoms with E-state index in [2.05, 4.69) is 5.32 Å². The van der Waals surface area contributed by atoms with Gasteiger partial charge in [0.05, 0.1) is 6.54 Å². The first-order valence-corrected chi connectivity index (χ1v) is 6.17. The van der Waals surface area contributed by atoms with Gasteiger partial charge in [0, 0.05) is 25.2 Å². The van der Waals surface area contributed by atoms with Crippen LogP contribution in [-0.4, -0.2) is 40.7 Å². The second-order valence-electron chi connectivity index (χ2n) is 4.48. The standard InChI is InChI=1S/C13H18N2O3/c16-11-5-3-4-10(13(11)18)8-14-9-12(17)15-6-1-2-7-15/h3-5,14,16,18H,1-2,6-9H2. The number of hydrogen-bond acceptors (Lipinski definition) is 4. The van der Waals surface area contributed by atoms with Gasteiger partial charge < -0.3 is 20.4 Å². The number of rotatable bonds is 4. The number of nitrogens with zero attached hydrogens (tertiary/aromatic N) is 1. The molecule has 0 spiro atoms. The van der Waals surface area contributed by atoms with E-state index in [-0.39, 0.29) is 24.0 Å². The van der Waals surface area contributed by atoms with Crippen LogP contribution in [0.3, 0.4) is 0 Å². The molecule has 0 radical (unpaired) electrons. The predicted octanol–water partition coefficient (Wildman–Crippen LogP) is 0.810. The Morgan fingerprint density at radius 2 is 2.00 bits per heavy atom. The summed E-state index contributed by atoms with van der Waals surface area (Å²) in [6.45, 7) is 2.31. The van der Waals surface area contributed by atoms with Crippen LogP contribution in [0.4, 0.5) is 0 Å². The molecule has 1 aromatic rings. The van der Waals surface area contributed by atoms with Crippen molar-refractivity contribution in [1.29, 1.82) is 0 Å². The fourth-order valence-electron chi connectivity index (χ4n) is 2.10. The summed E-state index contributed by atoms with van der Waals surface area (Å²) < 4.78 is 0. The van der Waals surface area contributed by atoms with E-state index >= 15 is 0 Å². The molecule has 1 fully saturated rings. The van der Waals surface area contributed by atoms with Crippen LogP contribution in [-0.2, 0) is 11.3 Å². The zero-order valence-electron chi connectivity index (χ0n) is 10.2. The van der Waals surface area contributed by atoms with Crippen LogP contribution >= 0.6 is 0 Å². The molecule has 1 aromatic carbocycles. The van der Waals surface area contributed by atoms with Crippen LogP contribution in [0.2, 0.25) is 0 Å². The van der Waals surface area contributed by atoms with Crippen molar-refractivity contribution >= 4 is 5.91 Å². The summed E-state index contributed by atoms with van der Waals surface area (Å²) in [6, 6.07) is 4.80. The largest absolute Gasteiger partial charge is 0.504 e. The Hall–Kier alpha value is -1.75. The van der Waals surface area contributed by atoms with Gasteiger partial charge in [0.1, 0.15) is 0 Å². The molecular formula is C13H18N2O3. The van der Waals surface area contributed by atoms with Gasteiger partial charge >= 0.3 is 0 Å². The second kappa shape index (κ2) is 5.73. The first-order chi connectivity index (χ1) is 8.68. The molecular weight excluding hydrogens is 232 g/mol. The van der Waals surface area contributed by atoms with Crippen LogP contribution in [0.5, 0.6) is 11.5 Å². The lowest BCUT2D eigenvalue weighted by molar-refractivity contribution is -0.129. The molecule has 2 rings (SSSR count). The maximum absolute atomic E-state index is 11.7. The molecule has 1 saturated heterocycles. The van der Waals surface area contributed by atoms with Gasteiger partial charge in [-0.3, -0.25) is 4.79 Å². The number of hydrogen-bond donors (Lipinski definition) is 3. The molecule has 3 N–H and O–H groups in total. The highest BCUT2D eigenvalue weighted by atomic mass is 16.3. The van der Waals surface area contributed by atoms with Crippen molar-refractivity contribution in [3.8, 4) is 11.5 Å². The Kier molecular flexibility index (Phi) is 4.04. The molecule has 5 nitrogen and oxygen atoms in total. The summed E-state index contributed by atoms with van der Waals surface area (Å²) in [5.41, 5.74) is 0.587. The molecule has 0 atom stereocenters. The number of benzene rings is 1. The topological polar surface area (TPSA) is 72.8 Å². The molecule has 98 valence electrons. The van der Waals surface area contributed by atoms with E-state index in [1.807, 2.05) is 4.90 Å². The summed E-state index contributed by atoms with van der Waals surface area (Å²) in [5, 5.41) is 21.9. The number of phenolic OH excluding ortho intramolecular Hbond substituents is 2. The number of amides is 1. The van der Waals surface area contributed by atoms with Gasteiger partial charge in [-0.05, 0) is 18.9 Å². The molecule has 0 saturated carbocycles. The van der Waals surface area contributed by atoms with Crippen LogP contribution in [0.15, 0.2) is 18.2 Å². The van der Waals surface area contributed by atoms with Crippen molar-refractivity contribution in [1.82, 2.24) is 10.2 Å². The minimum Gasteiger partial charge on any atom is -0.504 e. The molecule has 0 bridgehead atoms.